The van der Waals surface area contributed by atoms with Crippen molar-refractivity contribution >= 4 is 30.7 Å². The number of rotatable bonds is 5. The summed E-state index contributed by atoms with van der Waals surface area (Å²) in [6.45, 7) is 14.7. The van der Waals surface area contributed by atoms with Gasteiger partial charge in [0.05, 0.1) is 0 Å². The summed E-state index contributed by atoms with van der Waals surface area (Å²) < 4.78 is 170. The third kappa shape index (κ3) is 17.2. The number of nitrogens with zero attached hydrogens (tertiary/aromatic N) is 5. The Hall–Kier alpha value is -5.69. The molecule has 0 unspecified atom stereocenters. The summed E-state index contributed by atoms with van der Waals surface area (Å²) in [5.41, 5.74) is 4.69. The predicted molar refractivity (Wildman–Crippen MR) is 269 cm³/mol. The van der Waals surface area contributed by atoms with Crippen LogP contribution in [0.25, 0.3) is 0 Å². The molecule has 2 spiro atoms. The molecule has 454 valence electrons. The molecule has 8 rings (SSSR count). The molecule has 2 aromatic rings. The molecule has 6 aliphatic rings. The number of fused-ring (bicyclic) bond motifs is 2. The van der Waals surface area contributed by atoms with Gasteiger partial charge in [-0.1, -0.05) is 49.2 Å². The fourth-order valence-corrected chi connectivity index (χ4v) is 11.4. The van der Waals surface area contributed by atoms with Crippen molar-refractivity contribution in [3.8, 4) is 0 Å². The van der Waals surface area contributed by atoms with Crippen LogP contribution in [0.1, 0.15) is 144 Å². The Kier molecular flexibility index (Phi) is 19.9. The van der Waals surface area contributed by atoms with E-state index in [2.05, 4.69) is 14.4 Å². The van der Waals surface area contributed by atoms with Gasteiger partial charge in [-0.15, -0.1) is 0 Å². The number of carbonyl (C=O) groups is 5. The molecule has 4 amide bonds. The number of ether oxygens (including phenoxy) is 4. The summed E-state index contributed by atoms with van der Waals surface area (Å²) in [7, 11) is 0. The van der Waals surface area contributed by atoms with Crippen LogP contribution in [-0.2, 0) is 51.4 Å². The van der Waals surface area contributed by atoms with Gasteiger partial charge in [0.1, 0.15) is 17.5 Å². The Bertz CT molecular complexity index is 2490. The smallest absolute Gasteiger partial charge is 0.434 e. The van der Waals surface area contributed by atoms with E-state index in [0.29, 0.717) is 70.4 Å². The van der Waals surface area contributed by atoms with Crippen LogP contribution in [0.3, 0.4) is 0 Å². The molecule has 0 N–H and O–H groups in total. The van der Waals surface area contributed by atoms with Crippen molar-refractivity contribution in [1.29, 1.82) is 0 Å². The highest BCUT2D eigenvalue weighted by atomic mass is 19.4. The second kappa shape index (κ2) is 25.0. The molecule has 4 fully saturated rings. The molecule has 2 aromatic carbocycles. The van der Waals surface area contributed by atoms with E-state index in [1.807, 2.05) is 71.9 Å². The molecule has 0 atom stereocenters. The van der Waals surface area contributed by atoms with E-state index in [9.17, 15) is 76.7 Å². The Morgan fingerprint density at radius 1 is 0.506 bits per heavy atom. The lowest BCUT2D eigenvalue weighted by Gasteiger charge is -2.45. The summed E-state index contributed by atoms with van der Waals surface area (Å²) >= 11 is 0. The first-order valence-corrected chi connectivity index (χ1v) is 27.0. The SMILES string of the molecule is CC(C)(C)OC(=O)N1CCc2cccc(C=O)c2C1.CC(C)(C)OC(=O)N1CCc2cccc(CN3CCCC34CCN(C(=O)OC(C(F)(F)F)C(F)(F)F)CC4)c2C1.O=C(OC(C(F)(F)F)C(F)(F)F)N1CCC2(CCCC2)CC1. The number of alkyl halides is 12. The van der Waals surface area contributed by atoms with Gasteiger partial charge in [-0.25, -0.2) is 19.2 Å². The van der Waals surface area contributed by atoms with Gasteiger partial charge < -0.3 is 38.5 Å². The van der Waals surface area contributed by atoms with Crippen molar-refractivity contribution in [3.05, 3.63) is 69.8 Å². The molecule has 0 radical (unpaired) electrons. The second-order valence-electron chi connectivity index (χ2n) is 23.6. The minimum atomic E-state index is -5.75. The maximum atomic E-state index is 12.9. The van der Waals surface area contributed by atoms with Crippen LogP contribution < -0.4 is 0 Å². The number of hydrogen-bond acceptors (Lipinski definition) is 10. The normalized spacial score (nSPS) is 19.5. The number of likely N-dealkylation sites (tertiary alicyclic amines) is 3. The molecular weight excluding hydrogens is 1100 g/mol. The van der Waals surface area contributed by atoms with Crippen LogP contribution in [0.5, 0.6) is 0 Å². The van der Waals surface area contributed by atoms with E-state index in [1.165, 1.54) is 0 Å². The first kappa shape index (κ1) is 64.5. The Morgan fingerprint density at radius 3 is 1.36 bits per heavy atom. The molecule has 0 bridgehead atoms. The van der Waals surface area contributed by atoms with Crippen molar-refractivity contribution in [2.75, 3.05) is 45.8 Å². The summed E-state index contributed by atoms with van der Waals surface area (Å²) in [4.78, 5) is 67.2. The van der Waals surface area contributed by atoms with Crippen molar-refractivity contribution < 1.29 is 95.6 Å². The van der Waals surface area contributed by atoms with Crippen molar-refractivity contribution in [1.82, 2.24) is 24.5 Å². The third-order valence-corrected chi connectivity index (χ3v) is 15.5. The average molecular weight is 1170 g/mol. The zero-order valence-corrected chi connectivity index (χ0v) is 46.2. The standard InChI is InChI=1S/C27H35F6N3O4.C15H19NO3.C13H17F6NO2/c1-24(2,3)40-23(38)35-13-8-18-6-4-7-19(20(18)17-35)16-36-12-5-9-25(36)10-14-34(15-11-25)22(37)39-21(26(28,29)30)27(31,32)33;1-15(2,3)19-14(18)16-8-7-11-5-4-6-12(10-17)13(11)9-16;14-12(15,16)9(13(17,18)19)22-10(21)20-7-5-11(6-8-20)3-1-2-4-11/h4,6-7,21H,5,8-17H2,1-3H3;4-6,10H,7-9H2,1-3H3;9H,1-8H2. The van der Waals surface area contributed by atoms with Gasteiger partial charge >= 0.3 is 49.1 Å². The molecule has 1 aliphatic carbocycles. The topological polar surface area (TPSA) is 138 Å². The highest BCUT2D eigenvalue weighted by molar-refractivity contribution is 5.79. The minimum absolute atomic E-state index is 0.00289. The van der Waals surface area contributed by atoms with E-state index >= 15 is 0 Å². The van der Waals surface area contributed by atoms with E-state index < -0.39 is 60.3 Å². The lowest BCUT2D eigenvalue weighted by atomic mass is 9.77. The largest absolute Gasteiger partial charge is 0.444 e. The zero-order valence-electron chi connectivity index (χ0n) is 46.2. The van der Waals surface area contributed by atoms with Crippen LogP contribution in [0.4, 0.5) is 71.9 Å². The molecule has 1 saturated carbocycles. The van der Waals surface area contributed by atoms with Gasteiger partial charge in [-0.05, 0) is 146 Å². The number of benzene rings is 2. The number of aldehydes is 1. The lowest BCUT2D eigenvalue weighted by molar-refractivity contribution is -0.309. The number of hydrogen-bond donors (Lipinski definition) is 0. The monoisotopic (exact) mass is 1170 g/mol. The van der Waals surface area contributed by atoms with Gasteiger partial charge in [0.15, 0.2) is 0 Å². The summed E-state index contributed by atoms with van der Waals surface area (Å²) in [5, 5.41) is 0. The fraction of sp³-hybridized carbons (Fsp3) is 0.691. The van der Waals surface area contributed by atoms with E-state index in [1.54, 1.807) is 15.9 Å². The van der Waals surface area contributed by atoms with Crippen LogP contribution in [0.2, 0.25) is 0 Å². The van der Waals surface area contributed by atoms with Gasteiger partial charge in [-0.2, -0.15) is 52.7 Å². The van der Waals surface area contributed by atoms with Crippen molar-refractivity contribution in [3.63, 3.8) is 0 Å². The molecule has 26 heteroatoms. The van der Waals surface area contributed by atoms with Crippen molar-refractivity contribution in [2.24, 2.45) is 5.41 Å². The van der Waals surface area contributed by atoms with Gasteiger partial charge in [0.25, 0.3) is 12.2 Å². The quantitative estimate of drug-likeness (QED) is 0.162. The maximum absolute atomic E-state index is 12.9. The molecular formula is C55H71F12N5O9. The fourth-order valence-electron chi connectivity index (χ4n) is 11.4. The number of piperidine rings is 2. The minimum Gasteiger partial charge on any atom is -0.444 e. The van der Waals surface area contributed by atoms with Crippen LogP contribution in [0, 0.1) is 5.41 Å². The van der Waals surface area contributed by atoms with Gasteiger partial charge in [-0.3, -0.25) is 9.69 Å². The third-order valence-electron chi connectivity index (χ3n) is 15.5. The van der Waals surface area contributed by atoms with E-state index in [4.69, 9.17) is 9.47 Å². The van der Waals surface area contributed by atoms with Crippen LogP contribution >= 0.6 is 0 Å². The van der Waals surface area contributed by atoms with Crippen LogP contribution in [0.15, 0.2) is 36.4 Å². The highest BCUT2D eigenvalue weighted by Crippen LogP contribution is 2.47. The molecule has 14 nitrogen and oxygen atoms in total. The lowest BCUT2D eigenvalue weighted by Crippen LogP contribution is -2.54. The van der Waals surface area contributed by atoms with Crippen molar-refractivity contribution in [2.45, 2.75) is 192 Å². The summed E-state index contributed by atoms with van der Waals surface area (Å²) in [6.07, 6.45) is -24.8. The molecule has 0 aromatic heterocycles. The molecule has 5 heterocycles. The average Bonchev–Trinajstić information content (AvgIpc) is 4.17. The Labute approximate surface area is 462 Å². The summed E-state index contributed by atoms with van der Waals surface area (Å²) in [5.74, 6) is 0. The summed E-state index contributed by atoms with van der Waals surface area (Å²) in [6, 6.07) is 11.7. The molecule has 5 aliphatic heterocycles. The number of halogens is 12. The number of amides is 4. The van der Waals surface area contributed by atoms with Gasteiger partial charge in [0, 0.05) is 70.0 Å². The van der Waals surface area contributed by atoms with Gasteiger partial charge in [0.2, 0.25) is 0 Å². The van der Waals surface area contributed by atoms with E-state index in [0.717, 1.165) is 95.4 Å². The second-order valence-corrected chi connectivity index (χ2v) is 23.6. The first-order chi connectivity index (χ1) is 37.4. The zero-order chi connectivity index (χ0) is 60.1. The highest BCUT2D eigenvalue weighted by Gasteiger charge is 2.61. The number of carbonyl (C=O) groups excluding carboxylic acids is 5. The Morgan fingerprint density at radius 2 is 0.926 bits per heavy atom. The molecule has 81 heavy (non-hydrogen) atoms. The predicted octanol–water partition coefficient (Wildman–Crippen LogP) is 13.1. The molecule has 3 saturated heterocycles. The Balaban J connectivity index is 0.000000216. The maximum Gasteiger partial charge on any atom is 0.434 e. The van der Waals surface area contributed by atoms with E-state index in [-0.39, 0.29) is 49.3 Å². The van der Waals surface area contributed by atoms with Crippen LogP contribution in [-0.4, -0.2) is 155 Å². The first-order valence-electron chi connectivity index (χ1n) is 27.0.